The first-order valence-electron chi connectivity index (χ1n) is 9.56. The molecule has 2 heterocycles. The lowest BCUT2D eigenvalue weighted by atomic mass is 9.96. The largest absolute Gasteiger partial charge is 0.348 e. The van der Waals surface area contributed by atoms with Crippen LogP contribution >= 0.6 is 0 Å². The highest BCUT2D eigenvalue weighted by molar-refractivity contribution is 5.25. The molecule has 1 N–H and O–H groups in total. The summed E-state index contributed by atoms with van der Waals surface area (Å²) in [5.41, 5.74) is 5.28. The Hall–Kier alpha value is -1.65. The van der Waals surface area contributed by atoms with Gasteiger partial charge in [-0.25, -0.2) is 4.98 Å². The van der Waals surface area contributed by atoms with Crippen LogP contribution in [0.5, 0.6) is 0 Å². The molecule has 0 radical (unpaired) electrons. The van der Waals surface area contributed by atoms with Crippen LogP contribution in [0.2, 0.25) is 0 Å². The minimum Gasteiger partial charge on any atom is -0.348 e. The Labute approximate surface area is 152 Å². The summed E-state index contributed by atoms with van der Waals surface area (Å²) in [7, 11) is 2.22. The van der Waals surface area contributed by atoms with Gasteiger partial charge in [-0.15, -0.1) is 0 Å². The van der Waals surface area contributed by atoms with Gasteiger partial charge in [0, 0.05) is 31.9 Å². The van der Waals surface area contributed by atoms with E-state index >= 15 is 0 Å². The van der Waals surface area contributed by atoms with Crippen molar-refractivity contribution in [2.75, 3.05) is 33.2 Å². The highest BCUT2D eigenvalue weighted by atomic mass is 15.2. The molecule has 1 fully saturated rings. The lowest BCUT2D eigenvalue weighted by Gasteiger charge is -2.34. The first-order valence-corrected chi connectivity index (χ1v) is 9.56. The quantitative estimate of drug-likeness (QED) is 0.839. The van der Waals surface area contributed by atoms with Gasteiger partial charge >= 0.3 is 0 Å². The van der Waals surface area contributed by atoms with E-state index in [4.69, 9.17) is 0 Å². The van der Waals surface area contributed by atoms with Gasteiger partial charge in [-0.05, 0) is 63.7 Å². The topological polar surface area (TPSA) is 35.2 Å². The number of likely N-dealkylation sites (tertiary alicyclic amines) is 1. The van der Waals surface area contributed by atoms with Crippen LogP contribution in [0.4, 0.5) is 0 Å². The maximum Gasteiger partial charge on any atom is 0.0925 e. The van der Waals surface area contributed by atoms with Gasteiger partial charge in [0.15, 0.2) is 0 Å². The molecule has 0 bridgehead atoms. The number of aromatic amines is 1. The van der Waals surface area contributed by atoms with Crippen molar-refractivity contribution in [2.45, 2.75) is 39.7 Å². The van der Waals surface area contributed by atoms with Crippen molar-refractivity contribution in [3.63, 3.8) is 0 Å². The van der Waals surface area contributed by atoms with E-state index in [9.17, 15) is 0 Å². The molecule has 1 aliphatic rings. The van der Waals surface area contributed by atoms with Crippen LogP contribution in [0.15, 0.2) is 30.6 Å². The molecule has 3 rings (SSSR count). The van der Waals surface area contributed by atoms with Crippen LogP contribution in [0.25, 0.3) is 0 Å². The number of aromatic nitrogens is 2. The lowest BCUT2D eigenvalue weighted by molar-refractivity contribution is 0.142. The second-order valence-corrected chi connectivity index (χ2v) is 7.66. The molecular formula is C21H32N4. The average molecular weight is 341 g/mol. The van der Waals surface area contributed by atoms with Gasteiger partial charge in [-0.3, -0.25) is 0 Å². The molecule has 0 aliphatic carbocycles. The van der Waals surface area contributed by atoms with Gasteiger partial charge < -0.3 is 14.8 Å². The van der Waals surface area contributed by atoms with E-state index in [1.807, 2.05) is 0 Å². The standard InChI is InChI=1S/C21H32N4/c1-17-7-4-5-9-20(17)10-12-25-11-6-8-19(14-25)13-24(3)15-21-18(2)22-16-23-21/h4-5,7,9,16,19H,6,8,10-15H2,1-3H3,(H,22,23). The SMILES string of the molecule is Cc1ccccc1CCN1CCCC(CN(C)Cc2nc[nH]c2C)C1. The molecule has 0 saturated carbocycles. The molecule has 4 nitrogen and oxygen atoms in total. The van der Waals surface area contributed by atoms with Crippen molar-refractivity contribution in [1.29, 1.82) is 0 Å². The van der Waals surface area contributed by atoms with Crippen LogP contribution in [-0.4, -0.2) is 53.0 Å². The minimum absolute atomic E-state index is 0.773. The van der Waals surface area contributed by atoms with Crippen LogP contribution in [0, 0.1) is 19.8 Å². The minimum atomic E-state index is 0.773. The van der Waals surface area contributed by atoms with Gasteiger partial charge in [-0.1, -0.05) is 24.3 Å². The first-order chi connectivity index (χ1) is 12.1. The van der Waals surface area contributed by atoms with Crippen molar-refractivity contribution < 1.29 is 0 Å². The fourth-order valence-corrected chi connectivity index (χ4v) is 3.98. The molecule has 1 aromatic heterocycles. The van der Waals surface area contributed by atoms with Gasteiger partial charge in [-0.2, -0.15) is 0 Å². The zero-order valence-corrected chi connectivity index (χ0v) is 16.0. The Morgan fingerprint density at radius 3 is 2.88 bits per heavy atom. The predicted octanol–water partition coefficient (Wildman–Crippen LogP) is 3.41. The monoisotopic (exact) mass is 340 g/mol. The average Bonchev–Trinajstić information content (AvgIpc) is 2.99. The summed E-state index contributed by atoms with van der Waals surface area (Å²) in [4.78, 5) is 12.7. The highest BCUT2D eigenvalue weighted by Crippen LogP contribution is 2.19. The number of rotatable bonds is 7. The fourth-order valence-electron chi connectivity index (χ4n) is 3.98. The van der Waals surface area contributed by atoms with Crippen LogP contribution in [0.1, 0.15) is 35.4 Å². The van der Waals surface area contributed by atoms with E-state index in [2.05, 4.69) is 64.9 Å². The Bertz CT molecular complexity index is 663. The van der Waals surface area contributed by atoms with Gasteiger partial charge in [0.25, 0.3) is 0 Å². The summed E-state index contributed by atoms with van der Waals surface area (Å²) in [5.74, 6) is 0.773. The van der Waals surface area contributed by atoms with Crippen LogP contribution in [0.3, 0.4) is 0 Å². The molecule has 136 valence electrons. The van der Waals surface area contributed by atoms with Crippen LogP contribution < -0.4 is 0 Å². The van der Waals surface area contributed by atoms with Gasteiger partial charge in [0.1, 0.15) is 0 Å². The van der Waals surface area contributed by atoms with Crippen molar-refractivity contribution >= 4 is 0 Å². The molecule has 1 saturated heterocycles. The summed E-state index contributed by atoms with van der Waals surface area (Å²) in [5, 5.41) is 0. The van der Waals surface area contributed by atoms with E-state index in [1.54, 1.807) is 6.33 Å². The number of hydrogen-bond acceptors (Lipinski definition) is 3. The van der Waals surface area contributed by atoms with E-state index < -0.39 is 0 Å². The number of piperidine rings is 1. The number of H-pyrrole nitrogens is 1. The number of imidazole rings is 1. The third kappa shape index (κ3) is 5.16. The summed E-state index contributed by atoms with van der Waals surface area (Å²) in [6, 6.07) is 8.79. The second kappa shape index (κ2) is 8.63. The Morgan fingerprint density at radius 1 is 1.28 bits per heavy atom. The van der Waals surface area contributed by atoms with Crippen molar-refractivity contribution in [3.05, 3.63) is 53.1 Å². The van der Waals surface area contributed by atoms with Crippen molar-refractivity contribution in [2.24, 2.45) is 5.92 Å². The molecule has 2 aromatic rings. The zero-order valence-electron chi connectivity index (χ0n) is 16.0. The molecule has 1 aliphatic heterocycles. The van der Waals surface area contributed by atoms with E-state index in [0.29, 0.717) is 0 Å². The Morgan fingerprint density at radius 2 is 2.12 bits per heavy atom. The lowest BCUT2D eigenvalue weighted by Crippen LogP contribution is -2.40. The zero-order chi connectivity index (χ0) is 17.6. The molecule has 4 heteroatoms. The van der Waals surface area contributed by atoms with Gasteiger partial charge in [0.2, 0.25) is 0 Å². The summed E-state index contributed by atoms with van der Waals surface area (Å²) in [6.45, 7) is 10.1. The molecule has 0 spiro atoms. The number of benzene rings is 1. The third-order valence-corrected chi connectivity index (χ3v) is 5.49. The highest BCUT2D eigenvalue weighted by Gasteiger charge is 2.21. The number of aryl methyl sites for hydroxylation is 2. The van der Waals surface area contributed by atoms with Crippen LogP contribution in [-0.2, 0) is 13.0 Å². The van der Waals surface area contributed by atoms with Crippen molar-refractivity contribution in [3.8, 4) is 0 Å². The van der Waals surface area contributed by atoms with Gasteiger partial charge in [0.05, 0.1) is 12.0 Å². The van der Waals surface area contributed by atoms with E-state index in [0.717, 1.165) is 19.0 Å². The third-order valence-electron chi connectivity index (χ3n) is 5.49. The number of hydrogen-bond donors (Lipinski definition) is 1. The molecule has 1 aromatic carbocycles. The smallest absolute Gasteiger partial charge is 0.0925 e. The predicted molar refractivity (Wildman–Crippen MR) is 104 cm³/mol. The molecular weight excluding hydrogens is 308 g/mol. The van der Waals surface area contributed by atoms with Crippen molar-refractivity contribution in [1.82, 2.24) is 19.8 Å². The molecule has 1 atom stereocenters. The molecule has 25 heavy (non-hydrogen) atoms. The summed E-state index contributed by atoms with van der Waals surface area (Å²) >= 11 is 0. The fraction of sp³-hybridized carbons (Fsp3) is 0.571. The summed E-state index contributed by atoms with van der Waals surface area (Å²) < 4.78 is 0. The number of nitrogens with zero attached hydrogens (tertiary/aromatic N) is 3. The van der Waals surface area contributed by atoms with E-state index in [-0.39, 0.29) is 0 Å². The number of nitrogens with one attached hydrogen (secondary N) is 1. The second-order valence-electron chi connectivity index (χ2n) is 7.66. The van der Waals surface area contributed by atoms with E-state index in [1.165, 1.54) is 61.4 Å². The Kier molecular flexibility index (Phi) is 6.27. The molecule has 1 unspecified atom stereocenters. The summed E-state index contributed by atoms with van der Waals surface area (Å²) in [6.07, 6.45) is 5.65. The molecule has 0 amide bonds. The maximum atomic E-state index is 4.43. The maximum absolute atomic E-state index is 4.43. The normalized spacial score (nSPS) is 18.8. The first kappa shape index (κ1) is 18.2. The Balaban J connectivity index is 1.46.